The number of ether oxygens (including phenoxy) is 1. The van der Waals surface area contributed by atoms with Gasteiger partial charge in [0.1, 0.15) is 0 Å². The zero-order valence-electron chi connectivity index (χ0n) is 11.8. The Morgan fingerprint density at radius 3 is 2.42 bits per heavy atom. The number of rotatable bonds is 5. The van der Waals surface area contributed by atoms with E-state index < -0.39 is 0 Å². The Balaban J connectivity index is 2.13. The third-order valence-corrected chi connectivity index (χ3v) is 4.66. The summed E-state index contributed by atoms with van der Waals surface area (Å²) in [6.07, 6.45) is 0.948. The highest BCUT2D eigenvalue weighted by molar-refractivity contribution is 7.12. The van der Waals surface area contributed by atoms with Crippen LogP contribution in [-0.4, -0.2) is 13.7 Å². The Kier molecular flexibility index (Phi) is 4.75. The SMILES string of the molecule is COCCc1ccc(C(N)c2cc(C)c(C)s2)cc1. The lowest BCUT2D eigenvalue weighted by Crippen LogP contribution is -2.10. The summed E-state index contributed by atoms with van der Waals surface area (Å²) < 4.78 is 5.09. The van der Waals surface area contributed by atoms with Gasteiger partial charge in [-0.25, -0.2) is 0 Å². The maximum absolute atomic E-state index is 6.33. The van der Waals surface area contributed by atoms with Crippen LogP contribution in [0.5, 0.6) is 0 Å². The van der Waals surface area contributed by atoms with Gasteiger partial charge >= 0.3 is 0 Å². The molecule has 2 N–H and O–H groups in total. The van der Waals surface area contributed by atoms with Crippen molar-refractivity contribution in [3.05, 3.63) is 56.8 Å². The molecule has 1 heterocycles. The van der Waals surface area contributed by atoms with E-state index in [-0.39, 0.29) is 6.04 Å². The molecule has 3 heteroatoms. The molecule has 1 aromatic heterocycles. The second kappa shape index (κ2) is 6.33. The van der Waals surface area contributed by atoms with E-state index in [9.17, 15) is 0 Å². The van der Waals surface area contributed by atoms with Crippen molar-refractivity contribution in [3.8, 4) is 0 Å². The number of nitrogens with two attached hydrogens (primary N) is 1. The van der Waals surface area contributed by atoms with Gasteiger partial charge in [0, 0.05) is 16.9 Å². The smallest absolute Gasteiger partial charge is 0.0646 e. The van der Waals surface area contributed by atoms with E-state index >= 15 is 0 Å². The van der Waals surface area contributed by atoms with Crippen LogP contribution in [0.4, 0.5) is 0 Å². The number of hydrogen-bond acceptors (Lipinski definition) is 3. The van der Waals surface area contributed by atoms with Crippen LogP contribution < -0.4 is 5.73 Å². The second-order valence-corrected chi connectivity index (χ2v) is 6.14. The van der Waals surface area contributed by atoms with Gasteiger partial charge in [0.2, 0.25) is 0 Å². The zero-order valence-corrected chi connectivity index (χ0v) is 12.6. The molecule has 0 spiro atoms. The maximum atomic E-state index is 6.33. The van der Waals surface area contributed by atoms with Crippen LogP contribution in [0.15, 0.2) is 30.3 Å². The lowest BCUT2D eigenvalue weighted by Gasteiger charge is -2.11. The molecule has 0 aliphatic carbocycles. The predicted octanol–water partition coefficient (Wildman–Crippen LogP) is 3.60. The van der Waals surface area contributed by atoms with Crippen molar-refractivity contribution in [1.82, 2.24) is 0 Å². The Morgan fingerprint density at radius 2 is 1.89 bits per heavy atom. The molecule has 0 fully saturated rings. The van der Waals surface area contributed by atoms with E-state index in [2.05, 4.69) is 44.2 Å². The predicted molar refractivity (Wildman–Crippen MR) is 81.8 cm³/mol. The highest BCUT2D eigenvalue weighted by atomic mass is 32.1. The number of benzene rings is 1. The fourth-order valence-electron chi connectivity index (χ4n) is 2.03. The Morgan fingerprint density at radius 1 is 1.21 bits per heavy atom. The summed E-state index contributed by atoms with van der Waals surface area (Å²) in [5, 5.41) is 0. The maximum Gasteiger partial charge on any atom is 0.0646 e. The van der Waals surface area contributed by atoms with Crippen molar-refractivity contribution in [1.29, 1.82) is 0 Å². The van der Waals surface area contributed by atoms with E-state index in [1.807, 2.05) is 0 Å². The molecule has 0 radical (unpaired) electrons. The van der Waals surface area contributed by atoms with Crippen LogP contribution in [0, 0.1) is 13.8 Å². The molecule has 2 aromatic rings. The fraction of sp³-hybridized carbons (Fsp3) is 0.375. The molecule has 0 aliphatic heterocycles. The number of hydrogen-bond donors (Lipinski definition) is 1. The standard InChI is InChI=1S/C16H21NOS/c1-11-10-15(19-12(11)2)16(17)14-6-4-13(5-7-14)8-9-18-3/h4-7,10,16H,8-9,17H2,1-3H3. The summed E-state index contributed by atoms with van der Waals surface area (Å²) in [5.41, 5.74) is 10.1. The minimum Gasteiger partial charge on any atom is -0.384 e. The summed E-state index contributed by atoms with van der Waals surface area (Å²) in [5.74, 6) is 0. The molecule has 2 rings (SSSR count). The Hall–Kier alpha value is -1.16. The minimum absolute atomic E-state index is 0.0196. The summed E-state index contributed by atoms with van der Waals surface area (Å²) in [4.78, 5) is 2.59. The molecule has 102 valence electrons. The lowest BCUT2D eigenvalue weighted by atomic mass is 10.0. The largest absolute Gasteiger partial charge is 0.384 e. The van der Waals surface area contributed by atoms with Gasteiger partial charge in [-0.3, -0.25) is 0 Å². The average molecular weight is 275 g/mol. The van der Waals surface area contributed by atoms with Crippen LogP contribution in [0.25, 0.3) is 0 Å². The first-order valence-corrected chi connectivity index (χ1v) is 7.33. The van der Waals surface area contributed by atoms with Gasteiger partial charge in [-0.2, -0.15) is 0 Å². The van der Waals surface area contributed by atoms with E-state index in [1.54, 1.807) is 18.4 Å². The molecule has 1 atom stereocenters. The number of aryl methyl sites for hydroxylation is 2. The molecule has 2 nitrogen and oxygen atoms in total. The van der Waals surface area contributed by atoms with E-state index in [0.29, 0.717) is 0 Å². The van der Waals surface area contributed by atoms with Crippen LogP contribution >= 0.6 is 11.3 Å². The Bertz CT molecular complexity index is 511. The molecule has 1 aromatic carbocycles. The van der Waals surface area contributed by atoms with Crippen LogP contribution in [0.3, 0.4) is 0 Å². The molecular formula is C16H21NOS. The molecule has 1 unspecified atom stereocenters. The number of thiophene rings is 1. The van der Waals surface area contributed by atoms with Gasteiger partial charge in [0.05, 0.1) is 12.6 Å². The first-order chi connectivity index (χ1) is 9.11. The van der Waals surface area contributed by atoms with Gasteiger partial charge in [-0.15, -0.1) is 11.3 Å². The minimum atomic E-state index is -0.0196. The van der Waals surface area contributed by atoms with Crippen molar-refractivity contribution in [2.75, 3.05) is 13.7 Å². The highest BCUT2D eigenvalue weighted by Gasteiger charge is 2.12. The monoisotopic (exact) mass is 275 g/mol. The van der Waals surface area contributed by atoms with Crippen molar-refractivity contribution in [3.63, 3.8) is 0 Å². The number of methoxy groups -OCH3 is 1. The third kappa shape index (κ3) is 3.44. The van der Waals surface area contributed by atoms with E-state index in [4.69, 9.17) is 10.5 Å². The van der Waals surface area contributed by atoms with Crippen LogP contribution in [-0.2, 0) is 11.2 Å². The average Bonchev–Trinajstić information content (AvgIpc) is 2.76. The zero-order chi connectivity index (χ0) is 13.8. The van der Waals surface area contributed by atoms with Gasteiger partial charge in [0.25, 0.3) is 0 Å². The lowest BCUT2D eigenvalue weighted by molar-refractivity contribution is 0.202. The van der Waals surface area contributed by atoms with E-state index in [0.717, 1.165) is 13.0 Å². The van der Waals surface area contributed by atoms with Crippen molar-refractivity contribution >= 4 is 11.3 Å². The fourth-order valence-corrected chi connectivity index (χ4v) is 3.10. The summed E-state index contributed by atoms with van der Waals surface area (Å²) in [6.45, 7) is 5.04. The van der Waals surface area contributed by atoms with Gasteiger partial charge in [-0.05, 0) is 43.0 Å². The van der Waals surface area contributed by atoms with Gasteiger partial charge in [-0.1, -0.05) is 24.3 Å². The topological polar surface area (TPSA) is 35.2 Å². The summed E-state index contributed by atoms with van der Waals surface area (Å²) in [7, 11) is 1.73. The third-order valence-electron chi connectivity index (χ3n) is 3.43. The normalized spacial score (nSPS) is 12.6. The van der Waals surface area contributed by atoms with Crippen molar-refractivity contribution in [2.24, 2.45) is 5.73 Å². The first-order valence-electron chi connectivity index (χ1n) is 6.52. The quantitative estimate of drug-likeness (QED) is 0.905. The van der Waals surface area contributed by atoms with E-state index in [1.165, 1.54) is 26.4 Å². The van der Waals surface area contributed by atoms with Crippen LogP contribution in [0.1, 0.15) is 32.5 Å². The molecule has 0 amide bonds. The van der Waals surface area contributed by atoms with Crippen molar-refractivity contribution in [2.45, 2.75) is 26.3 Å². The van der Waals surface area contributed by atoms with Crippen LogP contribution in [0.2, 0.25) is 0 Å². The molecule has 0 saturated heterocycles. The van der Waals surface area contributed by atoms with Gasteiger partial charge < -0.3 is 10.5 Å². The molecule has 0 aliphatic rings. The molecular weight excluding hydrogens is 254 g/mol. The van der Waals surface area contributed by atoms with Gasteiger partial charge in [0.15, 0.2) is 0 Å². The molecule has 19 heavy (non-hydrogen) atoms. The molecule has 0 saturated carbocycles. The first kappa shape index (κ1) is 14.3. The van der Waals surface area contributed by atoms with Crippen molar-refractivity contribution < 1.29 is 4.74 Å². The second-order valence-electron chi connectivity index (χ2n) is 4.85. The molecule has 0 bridgehead atoms. The Labute approximate surface area is 119 Å². The summed E-state index contributed by atoms with van der Waals surface area (Å²) in [6, 6.07) is 10.7. The summed E-state index contributed by atoms with van der Waals surface area (Å²) >= 11 is 1.79. The highest BCUT2D eigenvalue weighted by Crippen LogP contribution is 2.29.